The molecule has 1 amide bonds. The molecule has 28 heavy (non-hydrogen) atoms. The maximum atomic E-state index is 13.2. The van der Waals surface area contributed by atoms with E-state index in [1.807, 2.05) is 24.3 Å². The monoisotopic (exact) mass is 441 g/mol. The number of amides is 1. The van der Waals surface area contributed by atoms with Gasteiger partial charge in [-0.1, -0.05) is 41.9 Å². The van der Waals surface area contributed by atoms with Gasteiger partial charge in [0.25, 0.3) is 0 Å². The van der Waals surface area contributed by atoms with Gasteiger partial charge in [0, 0.05) is 10.0 Å². The van der Waals surface area contributed by atoms with Crippen molar-refractivity contribution in [2.75, 3.05) is 5.32 Å². The highest BCUT2D eigenvalue weighted by Gasteiger charge is 2.14. The van der Waals surface area contributed by atoms with Crippen LogP contribution in [-0.4, -0.2) is 15.9 Å². The van der Waals surface area contributed by atoms with Crippen molar-refractivity contribution < 1.29 is 9.18 Å². The van der Waals surface area contributed by atoms with Crippen LogP contribution in [0.2, 0.25) is 0 Å². The highest BCUT2D eigenvalue weighted by atomic mass is 79.9. The molecule has 6 heteroatoms. The van der Waals surface area contributed by atoms with Gasteiger partial charge in [0.05, 0.1) is 24.0 Å². The van der Waals surface area contributed by atoms with Crippen LogP contribution in [-0.2, 0) is 17.6 Å². The van der Waals surface area contributed by atoms with Crippen LogP contribution in [0.3, 0.4) is 0 Å². The van der Waals surface area contributed by atoms with Gasteiger partial charge in [-0.05, 0) is 54.3 Å². The van der Waals surface area contributed by atoms with Crippen molar-refractivity contribution in [3.8, 4) is 11.3 Å². The summed E-state index contributed by atoms with van der Waals surface area (Å²) in [5, 5.41) is 2.88. The third kappa shape index (κ3) is 5.45. The van der Waals surface area contributed by atoms with Crippen molar-refractivity contribution in [1.29, 1.82) is 0 Å². The molecule has 3 aromatic rings. The molecule has 0 bridgehead atoms. The van der Waals surface area contributed by atoms with E-state index in [4.69, 9.17) is 0 Å². The highest BCUT2D eigenvalue weighted by molar-refractivity contribution is 9.10. The maximum Gasteiger partial charge on any atom is 0.229 e. The van der Waals surface area contributed by atoms with Crippen LogP contribution >= 0.6 is 15.9 Å². The molecule has 144 valence electrons. The Labute approximate surface area is 172 Å². The van der Waals surface area contributed by atoms with Crippen molar-refractivity contribution in [3.63, 3.8) is 0 Å². The Kier molecular flexibility index (Phi) is 6.52. The Hall–Kier alpha value is -2.60. The number of halogens is 2. The normalized spacial score (nSPS) is 10.9. The molecule has 0 aliphatic heterocycles. The standard InChI is InChI=1S/C22H21BrFN3O/c1-14(2)11-19-22(27-21(28)12-15-3-7-17(23)8-4-15)25-13-20(26-19)16-5-9-18(24)10-6-16/h3-10,13-14H,11-12H2,1-2H3,(H,25,27,28). The van der Waals surface area contributed by atoms with Gasteiger partial charge in [0.1, 0.15) is 5.82 Å². The Bertz CT molecular complexity index is 957. The Morgan fingerprint density at radius 2 is 1.79 bits per heavy atom. The lowest BCUT2D eigenvalue weighted by Gasteiger charge is -2.13. The molecule has 3 rings (SSSR count). The van der Waals surface area contributed by atoms with Crippen molar-refractivity contribution in [3.05, 3.63) is 76.3 Å². The van der Waals surface area contributed by atoms with Gasteiger partial charge in [-0.25, -0.2) is 14.4 Å². The third-order valence-electron chi connectivity index (χ3n) is 4.12. The summed E-state index contributed by atoms with van der Waals surface area (Å²) in [5.41, 5.74) is 3.08. The largest absolute Gasteiger partial charge is 0.309 e. The first-order chi connectivity index (χ1) is 13.4. The first-order valence-electron chi connectivity index (χ1n) is 9.07. The molecule has 2 aromatic carbocycles. The average Bonchev–Trinajstić information content (AvgIpc) is 2.65. The lowest BCUT2D eigenvalue weighted by atomic mass is 10.1. The molecule has 4 nitrogen and oxygen atoms in total. The topological polar surface area (TPSA) is 54.9 Å². The molecular formula is C22H21BrFN3O. The van der Waals surface area contributed by atoms with E-state index < -0.39 is 0 Å². The van der Waals surface area contributed by atoms with Crippen molar-refractivity contribution in [1.82, 2.24) is 9.97 Å². The fourth-order valence-electron chi connectivity index (χ4n) is 2.78. The summed E-state index contributed by atoms with van der Waals surface area (Å²) >= 11 is 3.39. The minimum absolute atomic E-state index is 0.142. The van der Waals surface area contributed by atoms with Gasteiger partial charge >= 0.3 is 0 Å². The number of hydrogen-bond acceptors (Lipinski definition) is 3. The molecule has 0 unspecified atom stereocenters. The fourth-order valence-corrected chi connectivity index (χ4v) is 3.05. The van der Waals surface area contributed by atoms with Crippen LogP contribution in [0, 0.1) is 11.7 Å². The van der Waals surface area contributed by atoms with Gasteiger partial charge in [-0.15, -0.1) is 0 Å². The lowest BCUT2D eigenvalue weighted by molar-refractivity contribution is -0.115. The Balaban J connectivity index is 1.81. The zero-order valence-corrected chi connectivity index (χ0v) is 17.3. The molecule has 1 N–H and O–H groups in total. The number of aromatic nitrogens is 2. The number of rotatable bonds is 6. The van der Waals surface area contributed by atoms with E-state index >= 15 is 0 Å². The van der Waals surface area contributed by atoms with E-state index in [0.29, 0.717) is 23.9 Å². The zero-order valence-electron chi connectivity index (χ0n) is 15.7. The minimum atomic E-state index is -0.295. The molecule has 0 saturated carbocycles. The molecule has 0 saturated heterocycles. The summed E-state index contributed by atoms with van der Waals surface area (Å²) in [6.07, 6.45) is 2.54. The van der Waals surface area contributed by atoms with Gasteiger partial charge in [0.2, 0.25) is 5.91 Å². The molecular weight excluding hydrogens is 421 g/mol. The Morgan fingerprint density at radius 1 is 1.11 bits per heavy atom. The van der Waals surface area contributed by atoms with Gasteiger partial charge in [0.15, 0.2) is 5.82 Å². The summed E-state index contributed by atoms with van der Waals surface area (Å²) in [6.45, 7) is 4.17. The summed E-state index contributed by atoms with van der Waals surface area (Å²) in [7, 11) is 0. The summed E-state index contributed by atoms with van der Waals surface area (Å²) in [4.78, 5) is 21.6. The fraction of sp³-hybridized carbons (Fsp3) is 0.227. The molecule has 0 radical (unpaired) electrons. The van der Waals surface area contributed by atoms with Gasteiger partial charge < -0.3 is 5.32 Å². The van der Waals surface area contributed by atoms with E-state index in [0.717, 1.165) is 21.3 Å². The molecule has 1 heterocycles. The van der Waals surface area contributed by atoms with Crippen molar-refractivity contribution >= 4 is 27.7 Å². The van der Waals surface area contributed by atoms with Crippen LogP contribution < -0.4 is 5.32 Å². The molecule has 0 fully saturated rings. The third-order valence-corrected chi connectivity index (χ3v) is 4.65. The molecule has 0 aliphatic rings. The zero-order chi connectivity index (χ0) is 20.1. The second kappa shape index (κ2) is 9.06. The lowest BCUT2D eigenvalue weighted by Crippen LogP contribution is -2.18. The van der Waals surface area contributed by atoms with E-state index in [1.54, 1.807) is 18.3 Å². The number of benzene rings is 2. The first kappa shape index (κ1) is 20.1. The second-order valence-electron chi connectivity index (χ2n) is 7.01. The van der Waals surface area contributed by atoms with Crippen molar-refractivity contribution in [2.45, 2.75) is 26.7 Å². The van der Waals surface area contributed by atoms with E-state index in [9.17, 15) is 9.18 Å². The Morgan fingerprint density at radius 3 is 2.43 bits per heavy atom. The van der Waals surface area contributed by atoms with E-state index in [1.165, 1.54) is 12.1 Å². The van der Waals surface area contributed by atoms with Gasteiger partial charge in [-0.3, -0.25) is 4.79 Å². The maximum absolute atomic E-state index is 13.2. The summed E-state index contributed by atoms with van der Waals surface area (Å²) in [6, 6.07) is 13.8. The predicted octanol–water partition coefficient (Wildman–Crippen LogP) is 5.42. The number of hydrogen-bond donors (Lipinski definition) is 1. The van der Waals surface area contributed by atoms with E-state index in [-0.39, 0.29) is 18.1 Å². The first-order valence-corrected chi connectivity index (χ1v) is 9.86. The number of nitrogens with one attached hydrogen (secondary N) is 1. The van der Waals surface area contributed by atoms with Crippen LogP contribution in [0.5, 0.6) is 0 Å². The van der Waals surface area contributed by atoms with Crippen LogP contribution in [0.15, 0.2) is 59.2 Å². The number of nitrogens with zero attached hydrogens (tertiary/aromatic N) is 2. The van der Waals surface area contributed by atoms with Gasteiger partial charge in [-0.2, -0.15) is 0 Å². The quantitative estimate of drug-likeness (QED) is 0.554. The second-order valence-corrected chi connectivity index (χ2v) is 7.92. The number of carbonyl (C=O) groups excluding carboxylic acids is 1. The van der Waals surface area contributed by atoms with Crippen LogP contribution in [0.25, 0.3) is 11.3 Å². The molecule has 0 aliphatic carbocycles. The average molecular weight is 442 g/mol. The highest BCUT2D eigenvalue weighted by Crippen LogP contribution is 2.22. The van der Waals surface area contributed by atoms with Crippen LogP contribution in [0.4, 0.5) is 10.2 Å². The summed E-state index contributed by atoms with van der Waals surface area (Å²) in [5.74, 6) is 0.383. The molecule has 0 atom stereocenters. The van der Waals surface area contributed by atoms with Crippen LogP contribution in [0.1, 0.15) is 25.1 Å². The number of carbonyl (C=O) groups is 1. The summed E-state index contributed by atoms with van der Waals surface area (Å²) < 4.78 is 14.1. The minimum Gasteiger partial charge on any atom is -0.309 e. The predicted molar refractivity (Wildman–Crippen MR) is 112 cm³/mol. The molecule has 1 aromatic heterocycles. The SMILES string of the molecule is CC(C)Cc1nc(-c2ccc(F)cc2)cnc1NC(=O)Cc1ccc(Br)cc1. The van der Waals surface area contributed by atoms with Crippen molar-refractivity contribution in [2.24, 2.45) is 5.92 Å². The smallest absolute Gasteiger partial charge is 0.229 e. The molecule has 0 spiro atoms. The van der Waals surface area contributed by atoms with E-state index in [2.05, 4.69) is 45.1 Å². The number of anilines is 1.